The third-order valence-corrected chi connectivity index (χ3v) is 4.98. The molecule has 1 amide bonds. The van der Waals surface area contributed by atoms with Crippen LogP contribution in [0.1, 0.15) is 11.3 Å². The average Bonchev–Trinajstić information content (AvgIpc) is 2.68. The van der Waals surface area contributed by atoms with E-state index in [1.54, 1.807) is 18.0 Å². The van der Waals surface area contributed by atoms with Crippen LogP contribution in [0.2, 0.25) is 0 Å². The highest BCUT2D eigenvalue weighted by Gasteiger charge is 2.10. The van der Waals surface area contributed by atoms with Crippen LogP contribution in [0, 0.1) is 0 Å². The molecule has 0 spiro atoms. The van der Waals surface area contributed by atoms with E-state index in [-0.39, 0.29) is 5.91 Å². The van der Waals surface area contributed by atoms with Crippen LogP contribution in [0.25, 0.3) is 0 Å². The number of anilines is 1. The lowest BCUT2D eigenvalue weighted by Gasteiger charge is -2.28. The second-order valence-corrected chi connectivity index (χ2v) is 6.84. The summed E-state index contributed by atoms with van der Waals surface area (Å²) >= 11 is 1.58. The van der Waals surface area contributed by atoms with Crippen LogP contribution in [0.3, 0.4) is 0 Å². The number of pyridine rings is 1. The van der Waals surface area contributed by atoms with Gasteiger partial charge in [-0.1, -0.05) is 18.2 Å². The fourth-order valence-corrected chi connectivity index (χ4v) is 3.40. The van der Waals surface area contributed by atoms with Crippen molar-refractivity contribution in [3.05, 3.63) is 59.9 Å². The topological polar surface area (TPSA) is 54.5 Å². The van der Waals surface area contributed by atoms with Gasteiger partial charge in [0.1, 0.15) is 0 Å². The van der Waals surface area contributed by atoms with Crippen LogP contribution in [0.4, 0.5) is 5.69 Å². The van der Waals surface area contributed by atoms with E-state index in [0.717, 1.165) is 43.3 Å². The van der Waals surface area contributed by atoms with Gasteiger partial charge in [0, 0.05) is 37.3 Å². The molecule has 0 saturated carbocycles. The maximum absolute atomic E-state index is 11.9. The molecule has 1 aliphatic rings. The zero-order valence-electron chi connectivity index (χ0n) is 14.2. The van der Waals surface area contributed by atoms with Crippen LogP contribution >= 0.6 is 11.8 Å². The Kier molecular flexibility index (Phi) is 6.71. The molecule has 2 aromatic rings. The number of nitrogens with zero attached hydrogens (tertiary/aromatic N) is 2. The maximum Gasteiger partial charge on any atom is 0.230 e. The highest BCUT2D eigenvalue weighted by molar-refractivity contribution is 7.99. The number of rotatable bonds is 7. The Bertz CT molecular complexity index is 658. The van der Waals surface area contributed by atoms with E-state index >= 15 is 0 Å². The summed E-state index contributed by atoms with van der Waals surface area (Å²) in [6, 6.07) is 14.2. The van der Waals surface area contributed by atoms with Crippen LogP contribution in [-0.4, -0.2) is 42.9 Å². The van der Waals surface area contributed by atoms with Gasteiger partial charge in [0.25, 0.3) is 0 Å². The van der Waals surface area contributed by atoms with Crippen LogP contribution in [0.15, 0.2) is 48.7 Å². The lowest BCUT2D eigenvalue weighted by molar-refractivity contribution is -0.118. The minimum Gasteiger partial charge on any atom is -0.378 e. The van der Waals surface area contributed by atoms with Gasteiger partial charge in [0.05, 0.1) is 24.7 Å². The summed E-state index contributed by atoms with van der Waals surface area (Å²) in [5.41, 5.74) is 3.32. The van der Waals surface area contributed by atoms with Gasteiger partial charge < -0.3 is 15.0 Å². The van der Waals surface area contributed by atoms with Crippen LogP contribution in [-0.2, 0) is 21.8 Å². The Morgan fingerprint density at radius 1 is 1.16 bits per heavy atom. The van der Waals surface area contributed by atoms with Gasteiger partial charge in [-0.05, 0) is 29.8 Å². The molecular formula is C19H23N3O2S. The number of nitrogens with one attached hydrogen (secondary N) is 1. The van der Waals surface area contributed by atoms with Crippen molar-refractivity contribution in [3.63, 3.8) is 0 Å². The second-order valence-electron chi connectivity index (χ2n) is 5.86. The molecule has 1 aliphatic heterocycles. The van der Waals surface area contributed by atoms with Gasteiger partial charge in [-0.3, -0.25) is 9.78 Å². The highest BCUT2D eigenvalue weighted by atomic mass is 32.2. The average molecular weight is 357 g/mol. The second kappa shape index (κ2) is 9.44. The molecule has 5 nitrogen and oxygen atoms in total. The first-order valence-corrected chi connectivity index (χ1v) is 9.63. The Balaban J connectivity index is 1.38. The van der Waals surface area contributed by atoms with Crippen molar-refractivity contribution in [2.24, 2.45) is 0 Å². The molecule has 1 fully saturated rings. The van der Waals surface area contributed by atoms with Crippen molar-refractivity contribution in [2.45, 2.75) is 12.3 Å². The molecule has 1 aromatic carbocycles. The predicted octanol–water partition coefficient (Wildman–Crippen LogP) is 2.47. The molecule has 3 rings (SSSR count). The SMILES string of the molecule is O=C(CSCc1ccccn1)NCc1ccc(N2CCOCC2)cc1. The number of benzene rings is 1. The van der Waals surface area contributed by atoms with E-state index in [4.69, 9.17) is 4.74 Å². The molecule has 0 aliphatic carbocycles. The fraction of sp³-hybridized carbons (Fsp3) is 0.368. The predicted molar refractivity (Wildman–Crippen MR) is 102 cm³/mol. The van der Waals surface area contributed by atoms with Crippen LogP contribution in [0.5, 0.6) is 0 Å². The first kappa shape index (κ1) is 17.8. The zero-order valence-corrected chi connectivity index (χ0v) is 15.0. The lowest BCUT2D eigenvalue weighted by Crippen LogP contribution is -2.36. The summed E-state index contributed by atoms with van der Waals surface area (Å²) in [5, 5.41) is 2.97. The van der Waals surface area contributed by atoms with Crippen LogP contribution < -0.4 is 10.2 Å². The van der Waals surface area contributed by atoms with Crippen molar-refractivity contribution in [3.8, 4) is 0 Å². The van der Waals surface area contributed by atoms with Crippen molar-refractivity contribution < 1.29 is 9.53 Å². The van der Waals surface area contributed by atoms with Crippen molar-refractivity contribution in [2.75, 3.05) is 37.0 Å². The number of carbonyl (C=O) groups is 1. The molecule has 132 valence electrons. The summed E-state index contributed by atoms with van der Waals surface area (Å²) in [5.74, 6) is 1.25. The Morgan fingerprint density at radius 3 is 2.68 bits per heavy atom. The quantitative estimate of drug-likeness (QED) is 0.825. The number of hydrogen-bond donors (Lipinski definition) is 1. The van der Waals surface area contributed by atoms with Crippen molar-refractivity contribution in [1.82, 2.24) is 10.3 Å². The molecule has 0 bridgehead atoms. The summed E-state index contributed by atoms with van der Waals surface area (Å²) in [6.45, 7) is 4.00. The van der Waals surface area contributed by atoms with E-state index in [2.05, 4.69) is 39.5 Å². The molecule has 0 atom stereocenters. The molecule has 2 heterocycles. The number of thioether (sulfide) groups is 1. The standard InChI is InChI=1S/C19H23N3O2S/c23-19(15-25-14-17-3-1-2-8-20-17)21-13-16-4-6-18(7-5-16)22-9-11-24-12-10-22/h1-8H,9-15H2,(H,21,23). The Hall–Kier alpha value is -2.05. The van der Waals surface area contributed by atoms with E-state index in [0.29, 0.717) is 12.3 Å². The number of ether oxygens (including phenoxy) is 1. The fourth-order valence-electron chi connectivity index (χ4n) is 2.63. The van der Waals surface area contributed by atoms with Gasteiger partial charge in [0.2, 0.25) is 5.91 Å². The molecule has 0 unspecified atom stereocenters. The lowest BCUT2D eigenvalue weighted by atomic mass is 10.2. The third-order valence-electron chi connectivity index (χ3n) is 4.01. The minimum absolute atomic E-state index is 0.0539. The molecule has 6 heteroatoms. The van der Waals surface area contributed by atoms with E-state index in [9.17, 15) is 4.79 Å². The largest absolute Gasteiger partial charge is 0.378 e. The number of morpholine rings is 1. The third kappa shape index (κ3) is 5.76. The van der Waals surface area contributed by atoms with E-state index in [1.807, 2.05) is 18.2 Å². The molecule has 0 radical (unpaired) electrons. The monoisotopic (exact) mass is 357 g/mol. The van der Waals surface area contributed by atoms with Gasteiger partial charge in [0.15, 0.2) is 0 Å². The van der Waals surface area contributed by atoms with Crippen molar-refractivity contribution >= 4 is 23.4 Å². The Labute approximate surface area is 152 Å². The number of hydrogen-bond acceptors (Lipinski definition) is 5. The molecule has 25 heavy (non-hydrogen) atoms. The smallest absolute Gasteiger partial charge is 0.230 e. The summed E-state index contributed by atoms with van der Waals surface area (Å²) in [4.78, 5) is 18.5. The van der Waals surface area contributed by atoms with Gasteiger partial charge in [-0.25, -0.2) is 0 Å². The van der Waals surface area contributed by atoms with Gasteiger partial charge in [-0.15, -0.1) is 11.8 Å². The first-order chi connectivity index (χ1) is 12.3. The number of aromatic nitrogens is 1. The number of carbonyl (C=O) groups excluding carboxylic acids is 1. The van der Waals surface area contributed by atoms with Gasteiger partial charge in [-0.2, -0.15) is 0 Å². The zero-order chi connectivity index (χ0) is 17.3. The summed E-state index contributed by atoms with van der Waals surface area (Å²) < 4.78 is 5.38. The summed E-state index contributed by atoms with van der Waals surface area (Å²) in [6.07, 6.45) is 1.77. The normalized spacial score (nSPS) is 14.3. The highest BCUT2D eigenvalue weighted by Crippen LogP contribution is 2.16. The molecule has 1 N–H and O–H groups in total. The Morgan fingerprint density at radius 2 is 1.96 bits per heavy atom. The summed E-state index contributed by atoms with van der Waals surface area (Å²) in [7, 11) is 0. The molecular weight excluding hydrogens is 334 g/mol. The molecule has 1 saturated heterocycles. The van der Waals surface area contributed by atoms with E-state index in [1.165, 1.54) is 5.69 Å². The maximum atomic E-state index is 11.9. The first-order valence-electron chi connectivity index (χ1n) is 8.47. The molecule has 1 aromatic heterocycles. The van der Waals surface area contributed by atoms with Crippen molar-refractivity contribution in [1.29, 1.82) is 0 Å². The van der Waals surface area contributed by atoms with E-state index < -0.39 is 0 Å². The minimum atomic E-state index is 0.0539. The van der Waals surface area contributed by atoms with Gasteiger partial charge >= 0.3 is 0 Å². The number of amides is 1.